The third-order valence-electron chi connectivity index (χ3n) is 8.49. The van der Waals surface area contributed by atoms with Crippen LogP contribution in [-0.2, 0) is 11.3 Å². The first-order valence-electron chi connectivity index (χ1n) is 15.5. The second kappa shape index (κ2) is 13.7. The summed E-state index contributed by atoms with van der Waals surface area (Å²) in [6.07, 6.45) is 7.10. The molecular formula is C33H31ClF2N8O5. The van der Waals surface area contributed by atoms with Crippen molar-refractivity contribution in [3.8, 4) is 28.5 Å². The van der Waals surface area contributed by atoms with Crippen molar-refractivity contribution in [2.24, 2.45) is 0 Å². The average molecular weight is 693 g/mol. The molecule has 3 aromatic heterocycles. The Labute approximate surface area is 283 Å². The normalized spacial score (nSPS) is 15.0. The van der Waals surface area contributed by atoms with Crippen molar-refractivity contribution in [2.75, 3.05) is 32.0 Å². The van der Waals surface area contributed by atoms with E-state index in [2.05, 4.69) is 25.4 Å². The van der Waals surface area contributed by atoms with Crippen LogP contribution in [0.3, 0.4) is 0 Å². The molecule has 13 nitrogen and oxygen atoms in total. The number of rotatable bonds is 10. The van der Waals surface area contributed by atoms with E-state index in [1.165, 1.54) is 46.0 Å². The number of nitrogens with zero attached hydrogens (tertiary/aromatic N) is 7. The van der Waals surface area contributed by atoms with Gasteiger partial charge in [-0.15, -0.1) is 0 Å². The van der Waals surface area contributed by atoms with Gasteiger partial charge in [0, 0.05) is 48.3 Å². The van der Waals surface area contributed by atoms with Crippen LogP contribution < -0.4 is 19.5 Å². The molecule has 0 saturated carbocycles. The van der Waals surface area contributed by atoms with Gasteiger partial charge < -0.3 is 24.4 Å². The number of nitrogens with one attached hydrogen (secondary N) is 1. The molecule has 0 aliphatic carbocycles. The molecule has 2 aliphatic heterocycles. The number of likely N-dealkylation sites (N-methyl/N-ethyl adjacent to an activating group) is 1. The Morgan fingerprint density at radius 1 is 1.12 bits per heavy atom. The molecule has 5 heterocycles. The zero-order valence-electron chi connectivity index (χ0n) is 26.2. The van der Waals surface area contributed by atoms with Gasteiger partial charge in [-0.2, -0.15) is 19.0 Å². The second-order valence-electron chi connectivity index (χ2n) is 11.7. The number of piperidine rings is 1. The maximum Gasteiger partial charge on any atom is 0.387 e. The number of halogens is 3. The molecule has 49 heavy (non-hydrogen) atoms. The summed E-state index contributed by atoms with van der Waals surface area (Å²) in [6, 6.07) is 13.6. The first-order chi connectivity index (χ1) is 23.7. The van der Waals surface area contributed by atoms with E-state index in [4.69, 9.17) is 25.8 Å². The number of hydrogen-bond donors (Lipinski definition) is 1. The molecule has 1 saturated heterocycles. The number of ether oxygens (including phenoxy) is 3. The minimum atomic E-state index is -3.12. The molecule has 0 bridgehead atoms. The maximum absolute atomic E-state index is 13.5. The summed E-state index contributed by atoms with van der Waals surface area (Å²) >= 11 is 6.24. The van der Waals surface area contributed by atoms with E-state index in [0.717, 1.165) is 24.3 Å². The largest absolute Gasteiger partial charge is 0.450 e. The Bertz CT molecular complexity index is 1970. The van der Waals surface area contributed by atoms with Gasteiger partial charge in [0.15, 0.2) is 17.1 Å². The number of hydrogen-bond acceptors (Lipinski definition) is 9. The molecule has 0 radical (unpaired) electrons. The number of para-hydroxylation sites is 2. The number of carbonyl (C=O) groups is 2. The van der Waals surface area contributed by atoms with E-state index in [-0.39, 0.29) is 51.8 Å². The second-order valence-corrected chi connectivity index (χ2v) is 12.1. The highest BCUT2D eigenvalue weighted by Crippen LogP contribution is 2.37. The summed E-state index contributed by atoms with van der Waals surface area (Å²) in [7, 11) is 2.02. The lowest BCUT2D eigenvalue weighted by molar-refractivity contribution is -0.133. The van der Waals surface area contributed by atoms with Gasteiger partial charge in [-0.25, -0.2) is 9.50 Å². The van der Waals surface area contributed by atoms with Gasteiger partial charge in [0.1, 0.15) is 23.6 Å². The minimum Gasteiger partial charge on any atom is -0.450 e. The van der Waals surface area contributed by atoms with Crippen molar-refractivity contribution < 1.29 is 32.6 Å². The van der Waals surface area contributed by atoms with Crippen molar-refractivity contribution in [1.82, 2.24) is 34.2 Å². The molecule has 7 rings (SSSR count). The predicted molar refractivity (Wildman–Crippen MR) is 174 cm³/mol. The van der Waals surface area contributed by atoms with Crippen LogP contribution in [0, 0.1) is 0 Å². The molecule has 16 heteroatoms. The number of fused-ring (bicyclic) bond motifs is 2. The van der Waals surface area contributed by atoms with E-state index in [0.29, 0.717) is 25.3 Å². The Balaban J connectivity index is 1.05. The summed E-state index contributed by atoms with van der Waals surface area (Å²) in [4.78, 5) is 35.1. The fourth-order valence-corrected chi connectivity index (χ4v) is 6.23. The zero-order chi connectivity index (χ0) is 34.1. The van der Waals surface area contributed by atoms with Crippen LogP contribution in [0.15, 0.2) is 73.3 Å². The van der Waals surface area contributed by atoms with E-state index < -0.39 is 18.8 Å². The number of alkyl halides is 2. The van der Waals surface area contributed by atoms with Crippen LogP contribution in [0.4, 0.5) is 14.5 Å². The highest BCUT2D eigenvalue weighted by Gasteiger charge is 2.31. The van der Waals surface area contributed by atoms with Crippen LogP contribution in [0.2, 0.25) is 5.02 Å². The average Bonchev–Trinajstić information content (AvgIpc) is 3.82. The third kappa shape index (κ3) is 6.98. The SMILES string of the molecule is CN(CC1Oc2ccccc2O1)C1CCN(C(=O)Cn2cc(NC(=O)c3cnn4cccnc34)c(-c3cc(Cl)ccc3OC(F)F)n2)CC1. The molecule has 0 unspecified atom stereocenters. The smallest absolute Gasteiger partial charge is 0.387 e. The van der Waals surface area contributed by atoms with Crippen LogP contribution >= 0.6 is 11.6 Å². The monoisotopic (exact) mass is 692 g/mol. The highest BCUT2D eigenvalue weighted by molar-refractivity contribution is 6.31. The third-order valence-corrected chi connectivity index (χ3v) is 8.72. The maximum atomic E-state index is 13.5. The van der Waals surface area contributed by atoms with Crippen molar-refractivity contribution in [1.29, 1.82) is 0 Å². The molecular weight excluding hydrogens is 662 g/mol. The Morgan fingerprint density at radius 2 is 1.88 bits per heavy atom. The van der Waals surface area contributed by atoms with Crippen molar-refractivity contribution in [3.63, 3.8) is 0 Å². The number of amides is 2. The van der Waals surface area contributed by atoms with Crippen LogP contribution in [-0.4, -0.2) is 91.6 Å². The molecule has 2 aromatic carbocycles. The fraction of sp³-hybridized carbons (Fsp3) is 0.303. The molecule has 0 spiro atoms. The van der Waals surface area contributed by atoms with Gasteiger partial charge in [-0.3, -0.25) is 19.2 Å². The topological polar surface area (TPSA) is 128 Å². The zero-order valence-corrected chi connectivity index (χ0v) is 27.0. The Kier molecular flexibility index (Phi) is 9.01. The van der Waals surface area contributed by atoms with Crippen LogP contribution in [0.25, 0.3) is 16.9 Å². The van der Waals surface area contributed by atoms with Gasteiger partial charge in [-0.05, 0) is 56.3 Å². The van der Waals surface area contributed by atoms with E-state index in [9.17, 15) is 18.4 Å². The lowest BCUT2D eigenvalue weighted by Gasteiger charge is -2.37. The predicted octanol–water partition coefficient (Wildman–Crippen LogP) is 4.82. The Hall–Kier alpha value is -5.28. The van der Waals surface area contributed by atoms with E-state index >= 15 is 0 Å². The summed E-state index contributed by atoms with van der Waals surface area (Å²) in [5, 5.41) is 11.7. The van der Waals surface area contributed by atoms with Crippen molar-refractivity contribution in [3.05, 3.63) is 83.9 Å². The van der Waals surface area contributed by atoms with Crippen LogP contribution in [0.5, 0.6) is 17.2 Å². The standard InChI is InChI=1S/C33H31ClF2N8O5/c1-41(19-29-47-26-5-2-3-6-27(26)48-29)21-9-13-42(14-10-21)28(45)18-43-17-24(39-32(46)23-16-38-44-12-4-11-37-31(23)44)30(40-43)22-15-20(34)7-8-25(22)49-33(35)36/h2-8,11-12,15-17,21,29,33H,9-10,13-14,18-19H2,1H3,(H,39,46). The van der Waals surface area contributed by atoms with Gasteiger partial charge in [0.25, 0.3) is 12.2 Å². The number of anilines is 1. The number of carbonyl (C=O) groups excluding carboxylic acids is 2. The van der Waals surface area contributed by atoms with Gasteiger partial charge in [0.05, 0.1) is 18.4 Å². The molecule has 254 valence electrons. The molecule has 5 aromatic rings. The minimum absolute atomic E-state index is 0.0857. The molecule has 1 fully saturated rings. The summed E-state index contributed by atoms with van der Waals surface area (Å²) < 4.78 is 46.1. The van der Waals surface area contributed by atoms with E-state index in [1.54, 1.807) is 17.2 Å². The van der Waals surface area contributed by atoms with E-state index in [1.807, 2.05) is 31.3 Å². The van der Waals surface area contributed by atoms with Crippen LogP contribution in [0.1, 0.15) is 23.2 Å². The molecule has 0 atom stereocenters. The number of likely N-dealkylation sites (tertiary alicyclic amines) is 1. The molecule has 2 aliphatic rings. The molecule has 2 amide bonds. The number of benzene rings is 2. The lowest BCUT2D eigenvalue weighted by atomic mass is 10.0. The highest BCUT2D eigenvalue weighted by atomic mass is 35.5. The first kappa shape index (κ1) is 32.3. The quantitative estimate of drug-likeness (QED) is 0.219. The fourth-order valence-electron chi connectivity index (χ4n) is 6.06. The molecule has 1 N–H and O–H groups in total. The van der Waals surface area contributed by atoms with Gasteiger partial charge >= 0.3 is 6.61 Å². The Morgan fingerprint density at radius 3 is 2.61 bits per heavy atom. The summed E-state index contributed by atoms with van der Waals surface area (Å²) in [5.74, 6) is 0.501. The summed E-state index contributed by atoms with van der Waals surface area (Å²) in [5.41, 5.74) is 0.829. The van der Waals surface area contributed by atoms with Gasteiger partial charge in [0.2, 0.25) is 5.91 Å². The van der Waals surface area contributed by atoms with Gasteiger partial charge in [-0.1, -0.05) is 23.7 Å². The number of aromatic nitrogens is 5. The van der Waals surface area contributed by atoms with Crippen molar-refractivity contribution >= 4 is 34.7 Å². The summed E-state index contributed by atoms with van der Waals surface area (Å²) in [6.45, 7) is -1.65. The first-order valence-corrected chi connectivity index (χ1v) is 15.9. The van der Waals surface area contributed by atoms with Crippen molar-refractivity contribution in [2.45, 2.75) is 38.3 Å². The lowest BCUT2D eigenvalue weighted by Crippen LogP contribution is -2.48.